The molecule has 8 nitrogen and oxygen atoms in total. The van der Waals surface area contributed by atoms with Gasteiger partial charge < -0.3 is 4.74 Å². The molecule has 0 amide bonds. The van der Waals surface area contributed by atoms with Gasteiger partial charge in [-0.05, 0) is 25.5 Å². The fourth-order valence-electron chi connectivity index (χ4n) is 2.05. The molecular weight excluding hydrogens is 347 g/mol. The lowest BCUT2D eigenvalue weighted by atomic mass is 10.3. The number of hydrogen-bond donors (Lipinski definition) is 1. The molecule has 2 rings (SSSR count). The molecule has 134 valence electrons. The third-order valence-corrected chi connectivity index (χ3v) is 4.10. The number of nitrogens with zero attached hydrogens (tertiary/aromatic N) is 1. The molecule has 1 N–H and O–H groups in total. The Hall–Kier alpha value is -2.28. The molecule has 0 fully saturated rings. The van der Waals surface area contributed by atoms with E-state index in [0.717, 1.165) is 0 Å². The van der Waals surface area contributed by atoms with Crippen molar-refractivity contribution < 1.29 is 18.3 Å². The van der Waals surface area contributed by atoms with Crippen LogP contribution in [-0.2, 0) is 13.8 Å². The van der Waals surface area contributed by atoms with Crippen molar-refractivity contribution in [2.24, 2.45) is 0 Å². The van der Waals surface area contributed by atoms with Gasteiger partial charge in [0.15, 0.2) is 5.75 Å². The number of para-hydroxylation sites is 1. The molecule has 25 heavy (non-hydrogen) atoms. The van der Waals surface area contributed by atoms with Crippen molar-refractivity contribution in [1.82, 2.24) is 9.55 Å². The number of aromatic nitrogens is 2. The molecule has 1 heterocycles. The lowest BCUT2D eigenvalue weighted by molar-refractivity contribution is -0.0641. The summed E-state index contributed by atoms with van der Waals surface area (Å²) >= 11 is 0. The van der Waals surface area contributed by atoms with Gasteiger partial charge in [-0.3, -0.25) is 14.3 Å². The van der Waals surface area contributed by atoms with Crippen LogP contribution in [0.4, 0.5) is 0 Å². The highest BCUT2D eigenvalue weighted by atomic mass is 31.1. The minimum atomic E-state index is -2.33. The Morgan fingerprint density at radius 3 is 2.56 bits per heavy atom. The molecule has 0 aliphatic carbocycles. The number of nitrogens with one attached hydrogen (secondary N) is 1. The summed E-state index contributed by atoms with van der Waals surface area (Å²) in [5.74, 6) is 0.450. The summed E-state index contributed by atoms with van der Waals surface area (Å²) in [4.78, 5) is 25.0. The van der Waals surface area contributed by atoms with Crippen molar-refractivity contribution in [2.45, 2.75) is 32.6 Å². The zero-order valence-electron chi connectivity index (χ0n) is 14.0. The maximum absolute atomic E-state index is 11.8. The average molecular weight is 367 g/mol. The second kappa shape index (κ2) is 9.27. The minimum absolute atomic E-state index is 0.0426. The minimum Gasteiger partial charge on any atom is -0.352 e. The third kappa shape index (κ3) is 5.94. The summed E-state index contributed by atoms with van der Waals surface area (Å²) in [7, 11) is -2.33. The van der Waals surface area contributed by atoms with E-state index in [1.54, 1.807) is 31.2 Å². The Morgan fingerprint density at radius 1 is 1.20 bits per heavy atom. The molecule has 0 bridgehead atoms. The van der Waals surface area contributed by atoms with Gasteiger partial charge in [0, 0.05) is 16.8 Å². The quantitative estimate of drug-likeness (QED) is 0.684. The molecule has 1 aromatic carbocycles. The Labute approximate surface area is 145 Å². The van der Waals surface area contributed by atoms with Crippen molar-refractivity contribution in [3.8, 4) is 5.75 Å². The highest BCUT2D eigenvalue weighted by molar-refractivity contribution is 7.33. The second-order valence-electron chi connectivity index (χ2n) is 5.21. The lowest BCUT2D eigenvalue weighted by Crippen LogP contribution is -2.33. The van der Waals surface area contributed by atoms with Crippen LogP contribution in [0.25, 0.3) is 0 Å². The molecule has 1 aromatic heterocycles. The van der Waals surface area contributed by atoms with E-state index in [1.165, 1.54) is 16.8 Å². The Kier molecular flexibility index (Phi) is 7.06. The first-order valence-corrected chi connectivity index (χ1v) is 8.89. The number of ether oxygens (including phenoxy) is 1. The lowest BCUT2D eigenvalue weighted by Gasteiger charge is -2.20. The number of hydrogen-bond acceptors (Lipinski definition) is 6. The van der Waals surface area contributed by atoms with Crippen LogP contribution in [0.3, 0.4) is 0 Å². The van der Waals surface area contributed by atoms with Crippen LogP contribution in [0.5, 0.6) is 5.75 Å². The van der Waals surface area contributed by atoms with Gasteiger partial charge in [0.25, 0.3) is 5.56 Å². The van der Waals surface area contributed by atoms with Gasteiger partial charge in [0.2, 0.25) is 0 Å². The average Bonchev–Trinajstić information content (AvgIpc) is 2.59. The van der Waals surface area contributed by atoms with Crippen molar-refractivity contribution in [2.75, 3.05) is 6.61 Å². The molecule has 3 atom stereocenters. The Bertz CT molecular complexity index is 804. The van der Waals surface area contributed by atoms with E-state index in [2.05, 4.69) is 4.98 Å². The first-order valence-electron chi connectivity index (χ1n) is 7.79. The fourth-order valence-corrected chi connectivity index (χ4v) is 2.68. The zero-order valence-corrected chi connectivity index (χ0v) is 14.8. The van der Waals surface area contributed by atoms with Crippen molar-refractivity contribution in [3.05, 3.63) is 63.4 Å². The van der Waals surface area contributed by atoms with E-state index in [1.807, 2.05) is 13.0 Å². The third-order valence-electron chi connectivity index (χ3n) is 3.38. The summed E-state index contributed by atoms with van der Waals surface area (Å²) in [6.07, 6.45) is 0.924. The van der Waals surface area contributed by atoms with E-state index < -0.39 is 31.8 Å². The predicted molar refractivity (Wildman–Crippen MR) is 91.8 cm³/mol. The maximum atomic E-state index is 11.8. The molecule has 2 aromatic rings. The summed E-state index contributed by atoms with van der Waals surface area (Å²) < 4.78 is 29.2. The Balaban J connectivity index is 1.88. The van der Waals surface area contributed by atoms with Crippen molar-refractivity contribution in [3.63, 3.8) is 0 Å². The molecule has 9 heteroatoms. The molecule has 0 aliphatic heterocycles. The normalized spacial score (nSPS) is 13.9. The summed E-state index contributed by atoms with van der Waals surface area (Å²) in [6.45, 7) is 3.59. The van der Waals surface area contributed by atoms with Gasteiger partial charge in [-0.1, -0.05) is 25.1 Å². The maximum Gasteiger partial charge on any atom is 0.750 e. The molecule has 0 saturated carbocycles. The molecular formula is C16H20N2O6P+. The van der Waals surface area contributed by atoms with Gasteiger partial charge in [-0.25, -0.2) is 9.32 Å². The van der Waals surface area contributed by atoms with Crippen molar-refractivity contribution >= 4 is 8.25 Å². The topological polar surface area (TPSA) is 99.6 Å². The van der Waals surface area contributed by atoms with Crippen LogP contribution < -0.4 is 15.8 Å². The number of rotatable bonds is 9. The first-order chi connectivity index (χ1) is 12.0. The van der Waals surface area contributed by atoms with Crippen LogP contribution in [0, 0.1) is 0 Å². The molecule has 0 aliphatic rings. The van der Waals surface area contributed by atoms with Crippen molar-refractivity contribution in [1.29, 1.82) is 0 Å². The van der Waals surface area contributed by atoms with Gasteiger partial charge in [-0.15, -0.1) is 4.52 Å². The fraction of sp³-hybridized carbons (Fsp3) is 0.375. The monoisotopic (exact) mass is 367 g/mol. The number of benzene rings is 1. The molecule has 0 radical (unpaired) electrons. The van der Waals surface area contributed by atoms with Crippen LogP contribution in [0.1, 0.15) is 26.5 Å². The second-order valence-corrected chi connectivity index (χ2v) is 6.09. The SMILES string of the molecule is CC[C@@H](CO[P+](=O)Oc1ccccc1)OC(C)n1ccc(=O)[nH]c1=O. The van der Waals surface area contributed by atoms with E-state index >= 15 is 0 Å². The van der Waals surface area contributed by atoms with E-state index in [4.69, 9.17) is 13.8 Å². The number of aromatic amines is 1. The highest BCUT2D eigenvalue weighted by Crippen LogP contribution is 2.28. The van der Waals surface area contributed by atoms with E-state index in [0.29, 0.717) is 12.2 Å². The van der Waals surface area contributed by atoms with Crippen LogP contribution in [-0.4, -0.2) is 22.3 Å². The van der Waals surface area contributed by atoms with E-state index in [9.17, 15) is 14.2 Å². The van der Waals surface area contributed by atoms with Gasteiger partial charge in [0.05, 0.1) is 6.10 Å². The zero-order chi connectivity index (χ0) is 18.2. The first kappa shape index (κ1) is 19.1. The van der Waals surface area contributed by atoms with Gasteiger partial charge >= 0.3 is 13.9 Å². The molecule has 2 unspecified atom stereocenters. The predicted octanol–water partition coefficient (Wildman–Crippen LogP) is 2.60. The van der Waals surface area contributed by atoms with Crippen LogP contribution in [0.15, 0.2) is 52.2 Å². The van der Waals surface area contributed by atoms with Gasteiger partial charge in [-0.2, -0.15) is 0 Å². The summed E-state index contributed by atoms with van der Waals surface area (Å²) in [5.41, 5.74) is -1.03. The smallest absolute Gasteiger partial charge is 0.352 e. The standard InChI is InChI=1S/C16H19N2O6P/c1-3-13(11-22-25(21)24-14-7-5-4-6-8-14)23-12(2)18-10-9-15(19)17-16(18)20/h4-10,12-13H,3,11H2,1-2H3/p+1/t12?,13-/m0/s1. The van der Waals surface area contributed by atoms with Crippen LogP contribution in [0.2, 0.25) is 0 Å². The highest BCUT2D eigenvalue weighted by Gasteiger charge is 2.25. The summed E-state index contributed by atoms with van der Waals surface area (Å²) in [5, 5.41) is 0. The van der Waals surface area contributed by atoms with Gasteiger partial charge in [0.1, 0.15) is 12.8 Å². The summed E-state index contributed by atoms with van der Waals surface area (Å²) in [6, 6.07) is 9.94. The molecule has 0 saturated heterocycles. The molecule has 0 spiro atoms. The van der Waals surface area contributed by atoms with E-state index in [-0.39, 0.29) is 6.61 Å². The largest absolute Gasteiger partial charge is 0.750 e. The number of H-pyrrole nitrogens is 1. The Morgan fingerprint density at radius 2 is 1.92 bits per heavy atom. The van der Waals surface area contributed by atoms with Crippen LogP contribution >= 0.6 is 8.25 Å².